The van der Waals surface area contributed by atoms with Crippen LogP contribution in [-0.4, -0.2) is 40.8 Å². The van der Waals surface area contributed by atoms with Crippen LogP contribution in [-0.2, 0) is 9.59 Å². The van der Waals surface area contributed by atoms with Gasteiger partial charge >= 0.3 is 0 Å². The Labute approximate surface area is 178 Å². The number of hydrogen-bond donors (Lipinski definition) is 2. The number of halogens is 2. The number of aryl methyl sites for hydroxylation is 1. The topological polar surface area (TPSA) is 74.3 Å². The highest BCUT2D eigenvalue weighted by molar-refractivity contribution is 7.13. The first-order valence-corrected chi connectivity index (χ1v) is 10.7. The summed E-state index contributed by atoms with van der Waals surface area (Å²) < 4.78 is 0. The van der Waals surface area contributed by atoms with Crippen molar-refractivity contribution in [1.29, 1.82) is 0 Å². The number of hydrogen-bond acceptors (Lipinski definition) is 5. The molecule has 2 heterocycles. The van der Waals surface area contributed by atoms with Crippen LogP contribution in [0.5, 0.6) is 0 Å². The van der Waals surface area contributed by atoms with E-state index in [1.54, 1.807) is 18.2 Å². The third-order valence-electron chi connectivity index (χ3n) is 4.86. The van der Waals surface area contributed by atoms with Gasteiger partial charge in [-0.1, -0.05) is 23.2 Å². The molecule has 6 nitrogen and oxygen atoms in total. The molecule has 1 aromatic heterocycles. The minimum absolute atomic E-state index is 0.00295. The summed E-state index contributed by atoms with van der Waals surface area (Å²) in [7, 11) is 0. The van der Waals surface area contributed by atoms with Crippen molar-refractivity contribution < 1.29 is 9.59 Å². The minimum atomic E-state index is -0.333. The standard InChI is InChI=1S/C19H22Cl2N4O2S/c1-11-10-28-19(22-11)24-18(27)13-5-7-25(8-6-13)12(2)17(26)23-16-9-14(20)3-4-15(16)21/h3-4,9-10,12-13H,5-8H2,1-2H3,(H,23,26)(H,22,24,27). The lowest BCUT2D eigenvalue weighted by Crippen LogP contribution is -2.47. The summed E-state index contributed by atoms with van der Waals surface area (Å²) in [6.45, 7) is 5.10. The third-order valence-corrected chi connectivity index (χ3v) is 6.30. The summed E-state index contributed by atoms with van der Waals surface area (Å²) in [6.07, 6.45) is 1.40. The molecule has 0 radical (unpaired) electrons. The van der Waals surface area contributed by atoms with Crippen LogP contribution in [0.2, 0.25) is 10.0 Å². The Kier molecular flexibility index (Phi) is 6.93. The van der Waals surface area contributed by atoms with Crippen molar-refractivity contribution in [1.82, 2.24) is 9.88 Å². The molecule has 1 aromatic carbocycles. The van der Waals surface area contributed by atoms with Gasteiger partial charge in [-0.15, -0.1) is 11.3 Å². The summed E-state index contributed by atoms with van der Waals surface area (Å²) >= 11 is 13.5. The second kappa shape index (κ2) is 9.22. The van der Waals surface area contributed by atoms with E-state index in [1.807, 2.05) is 19.2 Å². The Morgan fingerprint density at radius 1 is 1.25 bits per heavy atom. The largest absolute Gasteiger partial charge is 0.323 e. The second-order valence-corrected chi connectivity index (χ2v) is 8.58. The van der Waals surface area contributed by atoms with E-state index in [4.69, 9.17) is 23.2 Å². The molecule has 1 aliphatic heterocycles. The zero-order valence-corrected chi connectivity index (χ0v) is 18.0. The van der Waals surface area contributed by atoms with Gasteiger partial charge in [-0.2, -0.15) is 0 Å². The maximum absolute atomic E-state index is 12.6. The van der Waals surface area contributed by atoms with Crippen LogP contribution in [0.3, 0.4) is 0 Å². The van der Waals surface area contributed by atoms with Crippen LogP contribution in [0.1, 0.15) is 25.5 Å². The zero-order valence-electron chi connectivity index (χ0n) is 15.7. The highest BCUT2D eigenvalue weighted by Crippen LogP contribution is 2.27. The highest BCUT2D eigenvalue weighted by Gasteiger charge is 2.30. The van der Waals surface area contributed by atoms with E-state index < -0.39 is 0 Å². The number of nitrogens with one attached hydrogen (secondary N) is 2. The molecule has 2 amide bonds. The molecule has 2 N–H and O–H groups in total. The molecule has 150 valence electrons. The average molecular weight is 441 g/mol. The molecule has 3 rings (SSSR count). The van der Waals surface area contributed by atoms with Gasteiger partial charge in [0.25, 0.3) is 0 Å². The first-order chi connectivity index (χ1) is 13.3. The number of thiazole rings is 1. The zero-order chi connectivity index (χ0) is 20.3. The van der Waals surface area contributed by atoms with E-state index in [0.717, 1.165) is 5.69 Å². The first-order valence-electron chi connectivity index (χ1n) is 9.06. The average Bonchev–Trinajstić information content (AvgIpc) is 3.08. The fraction of sp³-hybridized carbons (Fsp3) is 0.421. The van der Waals surface area contributed by atoms with Crippen molar-refractivity contribution in [3.05, 3.63) is 39.3 Å². The number of amides is 2. The molecule has 1 unspecified atom stereocenters. The molecule has 1 saturated heterocycles. The molecule has 28 heavy (non-hydrogen) atoms. The van der Waals surface area contributed by atoms with Crippen molar-refractivity contribution in [3.63, 3.8) is 0 Å². The Bertz CT molecular complexity index is 865. The predicted octanol–water partition coefficient (Wildman–Crippen LogP) is 4.44. The van der Waals surface area contributed by atoms with Gasteiger partial charge < -0.3 is 10.6 Å². The smallest absolute Gasteiger partial charge is 0.241 e. The SMILES string of the molecule is Cc1csc(NC(=O)C2CCN(C(C)C(=O)Nc3cc(Cl)ccc3Cl)CC2)n1. The van der Waals surface area contributed by atoms with Crippen molar-refractivity contribution in [2.75, 3.05) is 23.7 Å². The molecule has 0 saturated carbocycles. The van der Waals surface area contributed by atoms with Gasteiger partial charge in [0.1, 0.15) is 0 Å². The fourth-order valence-corrected chi connectivity index (χ4v) is 4.19. The molecule has 2 aromatic rings. The van der Waals surface area contributed by atoms with Gasteiger partial charge in [-0.05, 0) is 58.0 Å². The second-order valence-electron chi connectivity index (χ2n) is 6.88. The summed E-state index contributed by atoms with van der Waals surface area (Å²) in [6, 6.07) is 4.62. The van der Waals surface area contributed by atoms with Crippen LogP contribution >= 0.6 is 34.5 Å². The third kappa shape index (κ3) is 5.23. The summed E-state index contributed by atoms with van der Waals surface area (Å²) in [5.41, 5.74) is 1.40. The van der Waals surface area contributed by atoms with Gasteiger partial charge in [-0.3, -0.25) is 14.5 Å². The first kappa shape index (κ1) is 21.0. The highest BCUT2D eigenvalue weighted by atomic mass is 35.5. The van der Waals surface area contributed by atoms with Crippen molar-refractivity contribution in [2.45, 2.75) is 32.7 Å². The molecule has 0 bridgehead atoms. The normalized spacial score (nSPS) is 16.6. The van der Waals surface area contributed by atoms with Gasteiger partial charge in [0.2, 0.25) is 11.8 Å². The van der Waals surface area contributed by atoms with Crippen molar-refractivity contribution in [2.24, 2.45) is 5.92 Å². The quantitative estimate of drug-likeness (QED) is 0.720. The molecule has 1 atom stereocenters. The Balaban J connectivity index is 1.51. The number of carbonyl (C=O) groups is 2. The molecule has 1 aliphatic rings. The Hall–Kier alpha value is -1.67. The van der Waals surface area contributed by atoms with Gasteiger partial charge in [0, 0.05) is 16.3 Å². The number of anilines is 2. The minimum Gasteiger partial charge on any atom is -0.323 e. The molecular weight excluding hydrogens is 419 g/mol. The van der Waals surface area contributed by atoms with E-state index in [2.05, 4.69) is 20.5 Å². The molecule has 9 heteroatoms. The molecule has 1 fully saturated rings. The lowest BCUT2D eigenvalue weighted by molar-refractivity contribution is -0.123. The van der Waals surface area contributed by atoms with Crippen LogP contribution in [0.15, 0.2) is 23.6 Å². The van der Waals surface area contributed by atoms with Crippen molar-refractivity contribution >= 4 is 57.2 Å². The van der Waals surface area contributed by atoms with Crippen LogP contribution in [0, 0.1) is 12.8 Å². The number of piperidine rings is 1. The maximum atomic E-state index is 12.6. The van der Waals surface area contributed by atoms with Gasteiger partial charge in [-0.25, -0.2) is 4.98 Å². The monoisotopic (exact) mass is 440 g/mol. The molecule has 0 spiro atoms. The van der Waals surface area contributed by atoms with Crippen LogP contribution in [0.25, 0.3) is 0 Å². The number of likely N-dealkylation sites (tertiary alicyclic amines) is 1. The Morgan fingerprint density at radius 2 is 1.96 bits per heavy atom. The summed E-state index contributed by atoms with van der Waals surface area (Å²) in [4.78, 5) is 31.4. The number of rotatable bonds is 5. The number of nitrogens with zero attached hydrogens (tertiary/aromatic N) is 2. The van der Waals surface area contributed by atoms with Gasteiger partial charge in [0.15, 0.2) is 5.13 Å². The predicted molar refractivity (Wildman–Crippen MR) is 114 cm³/mol. The molecular formula is C19H22Cl2N4O2S. The van der Waals surface area contributed by atoms with E-state index in [1.165, 1.54) is 11.3 Å². The lowest BCUT2D eigenvalue weighted by Gasteiger charge is -2.34. The number of benzene rings is 1. The lowest BCUT2D eigenvalue weighted by atomic mass is 9.95. The van der Waals surface area contributed by atoms with E-state index >= 15 is 0 Å². The number of carbonyl (C=O) groups excluding carboxylic acids is 2. The van der Waals surface area contributed by atoms with E-state index in [-0.39, 0.29) is 23.8 Å². The van der Waals surface area contributed by atoms with Crippen LogP contribution in [0.4, 0.5) is 10.8 Å². The van der Waals surface area contributed by atoms with Crippen molar-refractivity contribution in [3.8, 4) is 0 Å². The van der Waals surface area contributed by atoms with E-state index in [0.29, 0.717) is 46.8 Å². The summed E-state index contributed by atoms with van der Waals surface area (Å²) in [5, 5.41) is 9.21. The van der Waals surface area contributed by atoms with Gasteiger partial charge in [0.05, 0.1) is 22.4 Å². The van der Waals surface area contributed by atoms with E-state index in [9.17, 15) is 9.59 Å². The maximum Gasteiger partial charge on any atom is 0.241 e. The fourth-order valence-electron chi connectivity index (χ4n) is 3.16. The summed E-state index contributed by atoms with van der Waals surface area (Å²) in [5.74, 6) is -0.222. The Morgan fingerprint density at radius 3 is 2.61 bits per heavy atom. The number of aromatic nitrogens is 1. The van der Waals surface area contributed by atoms with Crippen LogP contribution < -0.4 is 10.6 Å². The molecule has 0 aliphatic carbocycles.